The molecule has 0 amide bonds. The molecule has 0 spiro atoms. The quantitative estimate of drug-likeness (QED) is 0.615. The van der Waals surface area contributed by atoms with Crippen molar-refractivity contribution in [2.24, 2.45) is 0 Å². The minimum atomic E-state index is -0.267. The van der Waals surface area contributed by atoms with E-state index in [4.69, 9.17) is 14.2 Å². The van der Waals surface area contributed by atoms with Gasteiger partial charge in [-0.15, -0.1) is 12.4 Å². The van der Waals surface area contributed by atoms with Gasteiger partial charge in [-0.3, -0.25) is 0 Å². The fourth-order valence-electron chi connectivity index (χ4n) is 4.11. The van der Waals surface area contributed by atoms with Crippen molar-refractivity contribution in [3.8, 4) is 11.5 Å². The van der Waals surface area contributed by atoms with Crippen LogP contribution in [0, 0.1) is 0 Å². The molecular formula is C24H29ClN2O4. The fourth-order valence-corrected chi connectivity index (χ4v) is 4.11. The maximum atomic E-state index is 12.5. The average Bonchev–Trinajstić information content (AvgIpc) is 3.15. The molecule has 1 N–H and O–H groups in total. The molecule has 31 heavy (non-hydrogen) atoms. The Morgan fingerprint density at radius 2 is 1.94 bits per heavy atom. The third-order valence-corrected chi connectivity index (χ3v) is 5.80. The van der Waals surface area contributed by atoms with Gasteiger partial charge in [-0.1, -0.05) is 32.0 Å². The Morgan fingerprint density at radius 3 is 2.68 bits per heavy atom. The molecule has 0 saturated carbocycles. The molecule has 6 nitrogen and oxygen atoms in total. The molecule has 0 radical (unpaired) electrons. The number of fused-ring (bicyclic) bond motifs is 1. The zero-order chi connectivity index (χ0) is 21.1. The van der Waals surface area contributed by atoms with Gasteiger partial charge in [0.15, 0.2) is 0 Å². The van der Waals surface area contributed by atoms with Crippen LogP contribution < -0.4 is 14.8 Å². The second-order valence-electron chi connectivity index (χ2n) is 7.43. The number of rotatable bonds is 8. The van der Waals surface area contributed by atoms with Crippen molar-refractivity contribution < 1.29 is 19.0 Å². The Balaban J connectivity index is 0.00000272. The number of likely N-dealkylation sites (N-methyl/N-ethyl adjacent to an activating group) is 1. The Morgan fingerprint density at radius 1 is 1.13 bits per heavy atom. The van der Waals surface area contributed by atoms with E-state index in [1.165, 1.54) is 0 Å². The molecular weight excluding hydrogens is 416 g/mol. The predicted octanol–water partition coefficient (Wildman–Crippen LogP) is 4.21. The zero-order valence-corrected chi connectivity index (χ0v) is 19.0. The number of methoxy groups -OCH3 is 1. The van der Waals surface area contributed by atoms with Crippen LogP contribution in [0.2, 0.25) is 0 Å². The van der Waals surface area contributed by atoms with Crippen LogP contribution in [0.5, 0.6) is 11.5 Å². The zero-order valence-electron chi connectivity index (χ0n) is 18.1. The molecule has 166 valence electrons. The Kier molecular flexibility index (Phi) is 7.46. The summed E-state index contributed by atoms with van der Waals surface area (Å²) in [6, 6.07) is 13.9. The second kappa shape index (κ2) is 10.1. The van der Waals surface area contributed by atoms with E-state index in [1.807, 2.05) is 42.5 Å². The van der Waals surface area contributed by atoms with Crippen LogP contribution in [0.1, 0.15) is 30.9 Å². The highest BCUT2D eigenvalue weighted by Gasteiger charge is 2.38. The van der Waals surface area contributed by atoms with Gasteiger partial charge in [0.1, 0.15) is 24.7 Å². The smallest absolute Gasteiger partial charge is 0.337 e. The number of ether oxygens (including phenoxy) is 3. The number of halogens is 1. The van der Waals surface area contributed by atoms with Gasteiger partial charge in [0.05, 0.1) is 18.4 Å². The number of benzene rings is 2. The summed E-state index contributed by atoms with van der Waals surface area (Å²) in [4.78, 5) is 14.9. The predicted molar refractivity (Wildman–Crippen MR) is 123 cm³/mol. The van der Waals surface area contributed by atoms with E-state index in [-0.39, 0.29) is 30.9 Å². The first-order valence-corrected chi connectivity index (χ1v) is 10.4. The SMILES string of the molecule is CCN(CC)CCOc1cccc(C2C3=C(COC3=O)Nc3cc(OC)ccc32)c1.Cl. The maximum absolute atomic E-state index is 12.5. The van der Waals surface area contributed by atoms with Gasteiger partial charge in [0.2, 0.25) is 0 Å². The highest BCUT2D eigenvalue weighted by molar-refractivity contribution is 5.97. The summed E-state index contributed by atoms with van der Waals surface area (Å²) in [5.74, 6) is 1.10. The lowest BCUT2D eigenvalue weighted by atomic mass is 9.81. The highest BCUT2D eigenvalue weighted by atomic mass is 35.5. The summed E-state index contributed by atoms with van der Waals surface area (Å²) in [7, 11) is 1.65. The van der Waals surface area contributed by atoms with Crippen LogP contribution >= 0.6 is 12.4 Å². The normalized spacial score (nSPS) is 16.8. The van der Waals surface area contributed by atoms with Crippen LogP contribution in [0.4, 0.5) is 5.69 Å². The van der Waals surface area contributed by atoms with E-state index in [2.05, 4.69) is 24.1 Å². The average molecular weight is 445 g/mol. The number of esters is 1. The first-order valence-electron chi connectivity index (χ1n) is 10.4. The summed E-state index contributed by atoms with van der Waals surface area (Å²) >= 11 is 0. The van der Waals surface area contributed by atoms with Gasteiger partial charge in [0, 0.05) is 24.2 Å². The van der Waals surface area contributed by atoms with Crippen molar-refractivity contribution in [1.29, 1.82) is 0 Å². The van der Waals surface area contributed by atoms with Crippen molar-refractivity contribution in [1.82, 2.24) is 4.90 Å². The molecule has 4 rings (SSSR count). The standard InChI is InChI=1S/C24H28N2O4.ClH/c1-4-26(5-2)11-12-29-18-8-6-7-16(13-18)22-19-10-9-17(28-3)14-20(19)25-21-15-30-24(27)23(21)22;/h6-10,13-14,22,25H,4-5,11-12,15H2,1-3H3;1H. The lowest BCUT2D eigenvalue weighted by Gasteiger charge is -2.27. The van der Waals surface area contributed by atoms with E-state index in [0.29, 0.717) is 12.2 Å². The largest absolute Gasteiger partial charge is 0.497 e. The van der Waals surface area contributed by atoms with Gasteiger partial charge in [-0.25, -0.2) is 4.79 Å². The number of carbonyl (C=O) groups is 1. The van der Waals surface area contributed by atoms with E-state index in [1.54, 1.807) is 7.11 Å². The van der Waals surface area contributed by atoms with E-state index in [9.17, 15) is 4.79 Å². The van der Waals surface area contributed by atoms with E-state index in [0.717, 1.165) is 53.6 Å². The highest BCUT2D eigenvalue weighted by Crippen LogP contribution is 2.45. The second-order valence-corrected chi connectivity index (χ2v) is 7.43. The Labute approximate surface area is 189 Å². The van der Waals surface area contributed by atoms with Crippen molar-refractivity contribution >= 4 is 24.1 Å². The third kappa shape index (κ3) is 4.65. The first-order chi connectivity index (χ1) is 14.6. The van der Waals surface area contributed by atoms with Crippen molar-refractivity contribution in [2.45, 2.75) is 19.8 Å². The molecule has 1 unspecified atom stereocenters. The van der Waals surface area contributed by atoms with Gasteiger partial charge in [-0.05, 0) is 42.4 Å². The summed E-state index contributed by atoms with van der Waals surface area (Å²) in [6.45, 7) is 8.10. The fraction of sp³-hybridized carbons (Fsp3) is 0.375. The minimum Gasteiger partial charge on any atom is -0.497 e. The number of hydrogen-bond acceptors (Lipinski definition) is 6. The molecule has 2 aliphatic rings. The van der Waals surface area contributed by atoms with Gasteiger partial charge in [-0.2, -0.15) is 0 Å². The topological polar surface area (TPSA) is 60.0 Å². The van der Waals surface area contributed by atoms with Gasteiger partial charge in [0.25, 0.3) is 0 Å². The third-order valence-electron chi connectivity index (χ3n) is 5.80. The minimum absolute atomic E-state index is 0. The van der Waals surface area contributed by atoms with Crippen molar-refractivity contribution in [3.05, 3.63) is 64.9 Å². The molecule has 0 fully saturated rings. The molecule has 7 heteroatoms. The number of anilines is 1. The molecule has 0 aliphatic carbocycles. The van der Waals surface area contributed by atoms with Gasteiger partial charge < -0.3 is 24.4 Å². The molecule has 2 heterocycles. The number of nitrogens with one attached hydrogen (secondary N) is 1. The molecule has 2 aromatic carbocycles. The van der Waals surface area contributed by atoms with Gasteiger partial charge >= 0.3 is 5.97 Å². The van der Waals surface area contributed by atoms with Crippen molar-refractivity contribution in [3.63, 3.8) is 0 Å². The van der Waals surface area contributed by atoms with Crippen LogP contribution in [0.25, 0.3) is 0 Å². The summed E-state index contributed by atoms with van der Waals surface area (Å²) in [5, 5.41) is 3.36. The Bertz CT molecular complexity index is 972. The number of hydrogen-bond donors (Lipinski definition) is 1. The maximum Gasteiger partial charge on any atom is 0.337 e. The number of carbonyl (C=O) groups excluding carboxylic acids is 1. The summed E-state index contributed by atoms with van der Waals surface area (Å²) < 4.78 is 16.7. The molecule has 2 aromatic rings. The lowest BCUT2D eigenvalue weighted by molar-refractivity contribution is -0.136. The molecule has 2 aliphatic heterocycles. The monoisotopic (exact) mass is 444 g/mol. The summed E-state index contributed by atoms with van der Waals surface area (Å²) in [5.41, 5.74) is 4.46. The molecule has 0 aromatic heterocycles. The van der Waals surface area contributed by atoms with Crippen LogP contribution in [-0.2, 0) is 9.53 Å². The van der Waals surface area contributed by atoms with E-state index < -0.39 is 0 Å². The first kappa shape index (κ1) is 23.0. The molecule has 0 saturated heterocycles. The van der Waals surface area contributed by atoms with Crippen LogP contribution in [0.15, 0.2) is 53.7 Å². The number of cyclic esters (lactones) is 1. The van der Waals surface area contributed by atoms with Crippen LogP contribution in [0.3, 0.4) is 0 Å². The number of nitrogens with zero attached hydrogens (tertiary/aromatic N) is 1. The Hall–Kier alpha value is -2.70. The molecule has 0 bridgehead atoms. The lowest BCUT2D eigenvalue weighted by Crippen LogP contribution is -2.27. The van der Waals surface area contributed by atoms with Crippen molar-refractivity contribution in [2.75, 3.05) is 45.3 Å². The molecule has 1 atom stereocenters. The van der Waals surface area contributed by atoms with Crippen LogP contribution in [-0.4, -0.2) is 50.8 Å². The summed E-state index contributed by atoms with van der Waals surface area (Å²) in [6.07, 6.45) is 0. The van der Waals surface area contributed by atoms with E-state index >= 15 is 0 Å².